The van der Waals surface area contributed by atoms with Crippen molar-refractivity contribution in [3.05, 3.63) is 78.4 Å². The van der Waals surface area contributed by atoms with Crippen LogP contribution in [-0.4, -0.2) is 18.4 Å². The van der Waals surface area contributed by atoms with Crippen molar-refractivity contribution in [3.8, 4) is 5.75 Å². The molecule has 1 aliphatic rings. The van der Waals surface area contributed by atoms with Crippen molar-refractivity contribution in [1.82, 2.24) is 0 Å². The molecule has 1 heterocycles. The van der Waals surface area contributed by atoms with Gasteiger partial charge in [0, 0.05) is 5.57 Å². The second-order valence-corrected chi connectivity index (χ2v) is 5.41. The van der Waals surface area contributed by atoms with E-state index in [2.05, 4.69) is 6.58 Å². The molecule has 24 heavy (non-hydrogen) atoms. The average molecular weight is 319 g/mol. The first-order valence-corrected chi connectivity index (χ1v) is 7.67. The molecule has 0 aliphatic carbocycles. The first-order chi connectivity index (χ1) is 11.7. The summed E-state index contributed by atoms with van der Waals surface area (Å²) in [5.41, 5.74) is 2.06. The summed E-state index contributed by atoms with van der Waals surface area (Å²) in [4.78, 5) is 25.8. The normalized spacial score (nSPS) is 15.9. The third-order valence-corrected chi connectivity index (χ3v) is 3.89. The molecule has 0 bridgehead atoms. The zero-order chi connectivity index (χ0) is 16.9. The topological polar surface area (TPSA) is 46.6 Å². The molecule has 1 aliphatic heterocycles. The van der Waals surface area contributed by atoms with Gasteiger partial charge < -0.3 is 4.74 Å². The van der Waals surface area contributed by atoms with E-state index in [0.29, 0.717) is 17.7 Å². The van der Waals surface area contributed by atoms with Crippen LogP contribution in [0.25, 0.3) is 6.08 Å². The van der Waals surface area contributed by atoms with E-state index in [1.54, 1.807) is 30.3 Å². The van der Waals surface area contributed by atoms with E-state index in [4.69, 9.17) is 4.74 Å². The Bertz CT molecular complexity index is 796. The highest BCUT2D eigenvalue weighted by Gasteiger charge is 2.33. The molecule has 120 valence electrons. The molecule has 0 saturated heterocycles. The minimum absolute atomic E-state index is 0.425. The fourth-order valence-corrected chi connectivity index (χ4v) is 2.80. The highest BCUT2D eigenvalue weighted by atomic mass is 16.6. The fourth-order valence-electron chi connectivity index (χ4n) is 2.80. The molecule has 0 spiro atoms. The van der Waals surface area contributed by atoms with Gasteiger partial charge in [-0.1, -0.05) is 42.5 Å². The number of aldehydes is 1. The predicted octanol–water partition coefficient (Wildman–Crippen LogP) is 4.23. The molecule has 1 amide bonds. The third-order valence-electron chi connectivity index (χ3n) is 3.89. The molecule has 1 atom stereocenters. The molecule has 0 N–H and O–H groups in total. The lowest BCUT2D eigenvalue weighted by molar-refractivity contribution is -0.105. The number of amides is 1. The van der Waals surface area contributed by atoms with E-state index in [0.717, 1.165) is 17.5 Å². The van der Waals surface area contributed by atoms with Crippen molar-refractivity contribution in [2.45, 2.75) is 12.5 Å². The maximum Gasteiger partial charge on any atom is 0.420 e. The van der Waals surface area contributed by atoms with E-state index in [9.17, 15) is 9.59 Å². The van der Waals surface area contributed by atoms with Crippen molar-refractivity contribution in [2.24, 2.45) is 0 Å². The quantitative estimate of drug-likeness (QED) is 0.626. The van der Waals surface area contributed by atoms with Gasteiger partial charge in [-0.3, -0.25) is 9.69 Å². The van der Waals surface area contributed by atoms with Gasteiger partial charge in [-0.15, -0.1) is 6.58 Å². The Morgan fingerprint density at radius 2 is 1.83 bits per heavy atom. The second-order valence-electron chi connectivity index (χ2n) is 5.41. The van der Waals surface area contributed by atoms with Gasteiger partial charge in [-0.05, 0) is 36.3 Å². The summed E-state index contributed by atoms with van der Waals surface area (Å²) in [6, 6.07) is 15.9. The Hall–Kier alpha value is -3.14. The predicted molar refractivity (Wildman–Crippen MR) is 94.0 cm³/mol. The smallest absolute Gasteiger partial charge is 0.410 e. The summed E-state index contributed by atoms with van der Waals surface area (Å²) in [6.07, 6.45) is 4.23. The maximum atomic E-state index is 12.8. The van der Waals surface area contributed by atoms with Crippen LogP contribution in [0.5, 0.6) is 5.75 Å². The molecule has 1 unspecified atom stereocenters. The van der Waals surface area contributed by atoms with Crippen LogP contribution < -0.4 is 9.64 Å². The number of para-hydroxylation sites is 2. The standard InChI is InChI=1S/C20H17NO3/c1-2-8-18-16(14-22)13-15-9-6-7-12-19(15)21(18)20(23)24-17-10-4-3-5-11-17/h2-7,9-14,18H,1,8H2. The number of nitrogens with zero attached hydrogens (tertiary/aromatic N) is 1. The van der Waals surface area contributed by atoms with Gasteiger partial charge in [0.1, 0.15) is 12.0 Å². The molecular formula is C20H17NO3. The molecule has 0 fully saturated rings. The number of carbonyl (C=O) groups is 2. The van der Waals surface area contributed by atoms with Crippen molar-refractivity contribution in [1.29, 1.82) is 0 Å². The van der Waals surface area contributed by atoms with Crippen LogP contribution >= 0.6 is 0 Å². The highest BCUT2D eigenvalue weighted by molar-refractivity contribution is 6.00. The Kier molecular flexibility index (Phi) is 4.57. The number of carbonyl (C=O) groups excluding carboxylic acids is 2. The number of fused-ring (bicyclic) bond motifs is 1. The third kappa shape index (κ3) is 2.99. The maximum absolute atomic E-state index is 12.8. The molecule has 3 rings (SSSR count). The fraction of sp³-hybridized carbons (Fsp3) is 0.100. The van der Waals surface area contributed by atoms with Crippen molar-refractivity contribution in [2.75, 3.05) is 4.90 Å². The molecule has 2 aromatic rings. The number of hydrogen-bond donors (Lipinski definition) is 0. The number of hydrogen-bond acceptors (Lipinski definition) is 3. The van der Waals surface area contributed by atoms with Gasteiger partial charge in [-0.25, -0.2) is 4.79 Å². The molecule has 2 aromatic carbocycles. The zero-order valence-electron chi connectivity index (χ0n) is 13.1. The lowest BCUT2D eigenvalue weighted by atomic mass is 9.94. The van der Waals surface area contributed by atoms with Gasteiger partial charge in [-0.2, -0.15) is 0 Å². The first-order valence-electron chi connectivity index (χ1n) is 7.67. The van der Waals surface area contributed by atoms with Gasteiger partial charge in [0.05, 0.1) is 11.7 Å². The van der Waals surface area contributed by atoms with Crippen molar-refractivity contribution >= 4 is 24.1 Å². The molecule has 4 nitrogen and oxygen atoms in total. The average Bonchev–Trinajstić information content (AvgIpc) is 2.62. The van der Waals surface area contributed by atoms with Crippen LogP contribution in [0.15, 0.2) is 72.8 Å². The molecule has 4 heteroatoms. The van der Waals surface area contributed by atoms with E-state index in [1.165, 1.54) is 4.90 Å². The van der Waals surface area contributed by atoms with Crippen LogP contribution in [0.4, 0.5) is 10.5 Å². The first kappa shape index (κ1) is 15.7. The zero-order valence-corrected chi connectivity index (χ0v) is 13.1. The summed E-state index contributed by atoms with van der Waals surface area (Å²) < 4.78 is 5.49. The Morgan fingerprint density at radius 3 is 2.54 bits per heavy atom. The van der Waals surface area contributed by atoms with Gasteiger partial charge in [0.25, 0.3) is 0 Å². The largest absolute Gasteiger partial charge is 0.420 e. The molecular weight excluding hydrogens is 302 g/mol. The van der Waals surface area contributed by atoms with Crippen LogP contribution in [0.2, 0.25) is 0 Å². The number of benzene rings is 2. The minimum Gasteiger partial charge on any atom is -0.410 e. The summed E-state index contributed by atoms with van der Waals surface area (Å²) in [5, 5.41) is 0. The number of rotatable bonds is 4. The summed E-state index contributed by atoms with van der Waals surface area (Å²) in [6.45, 7) is 3.74. The summed E-state index contributed by atoms with van der Waals surface area (Å²) >= 11 is 0. The monoisotopic (exact) mass is 319 g/mol. The van der Waals surface area contributed by atoms with Gasteiger partial charge in [0.15, 0.2) is 0 Å². The summed E-state index contributed by atoms with van der Waals surface area (Å²) in [7, 11) is 0. The van der Waals surface area contributed by atoms with Gasteiger partial charge in [0.2, 0.25) is 0 Å². The number of ether oxygens (including phenoxy) is 1. The van der Waals surface area contributed by atoms with Crippen LogP contribution in [-0.2, 0) is 4.79 Å². The number of anilines is 1. The molecule has 0 saturated carbocycles. The Labute approximate surface area is 140 Å². The Morgan fingerprint density at radius 1 is 1.12 bits per heavy atom. The highest BCUT2D eigenvalue weighted by Crippen LogP contribution is 2.34. The second kappa shape index (κ2) is 6.96. The van der Waals surface area contributed by atoms with Crippen LogP contribution in [0, 0.1) is 0 Å². The lowest BCUT2D eigenvalue weighted by Crippen LogP contribution is -2.45. The Balaban J connectivity index is 2.01. The molecule has 0 aromatic heterocycles. The minimum atomic E-state index is -0.520. The summed E-state index contributed by atoms with van der Waals surface area (Å²) in [5.74, 6) is 0.458. The van der Waals surface area contributed by atoms with Crippen molar-refractivity contribution < 1.29 is 14.3 Å². The molecule has 0 radical (unpaired) electrons. The van der Waals surface area contributed by atoms with E-state index in [-0.39, 0.29) is 0 Å². The van der Waals surface area contributed by atoms with Crippen LogP contribution in [0.3, 0.4) is 0 Å². The lowest BCUT2D eigenvalue weighted by Gasteiger charge is -2.34. The van der Waals surface area contributed by atoms with Crippen LogP contribution in [0.1, 0.15) is 12.0 Å². The van der Waals surface area contributed by atoms with Gasteiger partial charge >= 0.3 is 6.09 Å². The van der Waals surface area contributed by atoms with E-state index >= 15 is 0 Å². The van der Waals surface area contributed by atoms with E-state index in [1.807, 2.05) is 36.4 Å². The van der Waals surface area contributed by atoms with E-state index < -0.39 is 12.1 Å². The van der Waals surface area contributed by atoms with Crippen molar-refractivity contribution in [3.63, 3.8) is 0 Å². The SMILES string of the molecule is C=CCC1C(C=O)=Cc2ccccc2N1C(=O)Oc1ccccc1.